The molecule has 1 aromatic heterocycles. The fraction of sp³-hybridized carbons (Fsp3) is 0.667. The third-order valence-corrected chi connectivity index (χ3v) is 3.05. The highest BCUT2D eigenvalue weighted by atomic mass is 16.5. The number of hydrogen-bond acceptors (Lipinski definition) is 4. The molecular formula is C12H19N3O. The van der Waals surface area contributed by atoms with E-state index in [1.807, 2.05) is 6.07 Å². The van der Waals surface area contributed by atoms with Crippen molar-refractivity contribution in [1.82, 2.24) is 9.97 Å². The van der Waals surface area contributed by atoms with Crippen molar-refractivity contribution in [3.05, 3.63) is 12.3 Å². The van der Waals surface area contributed by atoms with Crippen LogP contribution in [0, 0.1) is 5.92 Å². The third kappa shape index (κ3) is 3.08. The van der Waals surface area contributed by atoms with Gasteiger partial charge in [-0.15, -0.1) is 0 Å². The standard InChI is InChI=1S/C12H19N3O/c1-13-12-14-8-7-11(15-12)16-9-10-5-3-2-4-6-10/h7-8,10H,2-6,9H2,1H3,(H,13,14,15). The van der Waals surface area contributed by atoms with Crippen molar-refractivity contribution in [2.45, 2.75) is 32.1 Å². The minimum atomic E-state index is 0.612. The minimum absolute atomic E-state index is 0.612. The zero-order chi connectivity index (χ0) is 11.2. The van der Waals surface area contributed by atoms with Gasteiger partial charge in [-0.1, -0.05) is 19.3 Å². The first kappa shape index (κ1) is 11.2. The highest BCUT2D eigenvalue weighted by Crippen LogP contribution is 2.24. The molecule has 0 aliphatic heterocycles. The number of ether oxygens (including phenoxy) is 1. The first-order chi connectivity index (χ1) is 7.88. The van der Waals surface area contributed by atoms with Crippen LogP contribution in [-0.2, 0) is 0 Å². The quantitative estimate of drug-likeness (QED) is 0.848. The monoisotopic (exact) mass is 221 g/mol. The van der Waals surface area contributed by atoms with Crippen LogP contribution in [0.5, 0.6) is 5.88 Å². The van der Waals surface area contributed by atoms with Gasteiger partial charge >= 0.3 is 0 Å². The number of hydrogen-bond donors (Lipinski definition) is 1. The van der Waals surface area contributed by atoms with Crippen LogP contribution in [0.15, 0.2) is 12.3 Å². The summed E-state index contributed by atoms with van der Waals surface area (Å²) < 4.78 is 5.70. The van der Waals surface area contributed by atoms with Crippen molar-refractivity contribution >= 4 is 5.95 Å². The van der Waals surface area contributed by atoms with Crippen LogP contribution >= 0.6 is 0 Å². The van der Waals surface area contributed by atoms with Crippen molar-refractivity contribution < 1.29 is 4.74 Å². The highest BCUT2D eigenvalue weighted by molar-refractivity contribution is 5.25. The van der Waals surface area contributed by atoms with Gasteiger partial charge in [-0.3, -0.25) is 0 Å². The fourth-order valence-electron chi connectivity index (χ4n) is 2.10. The molecule has 2 rings (SSSR count). The first-order valence-corrected chi connectivity index (χ1v) is 6.02. The molecule has 0 radical (unpaired) electrons. The number of aromatic nitrogens is 2. The van der Waals surface area contributed by atoms with Gasteiger partial charge in [0.2, 0.25) is 11.8 Å². The molecule has 4 heteroatoms. The zero-order valence-corrected chi connectivity index (χ0v) is 9.78. The Morgan fingerprint density at radius 2 is 2.19 bits per heavy atom. The summed E-state index contributed by atoms with van der Waals surface area (Å²) in [7, 11) is 1.81. The van der Waals surface area contributed by atoms with Gasteiger partial charge in [0.05, 0.1) is 6.61 Å². The van der Waals surface area contributed by atoms with Crippen molar-refractivity contribution in [2.24, 2.45) is 5.92 Å². The number of nitrogens with zero attached hydrogens (tertiary/aromatic N) is 2. The Hall–Kier alpha value is -1.32. The Kier molecular flexibility index (Phi) is 3.97. The predicted octanol–water partition coefficient (Wildman–Crippen LogP) is 2.48. The van der Waals surface area contributed by atoms with E-state index in [1.54, 1.807) is 13.2 Å². The summed E-state index contributed by atoms with van der Waals surface area (Å²) in [6, 6.07) is 1.81. The van der Waals surface area contributed by atoms with Crippen LogP contribution in [0.3, 0.4) is 0 Å². The number of nitrogens with one attached hydrogen (secondary N) is 1. The van der Waals surface area contributed by atoms with Crippen LogP contribution in [0.25, 0.3) is 0 Å². The van der Waals surface area contributed by atoms with E-state index in [-0.39, 0.29) is 0 Å². The Bertz CT molecular complexity index is 324. The molecule has 0 saturated heterocycles. The molecule has 1 saturated carbocycles. The molecule has 0 spiro atoms. The molecule has 0 unspecified atom stereocenters. The molecule has 1 aliphatic carbocycles. The summed E-state index contributed by atoms with van der Waals surface area (Å²) in [5, 5.41) is 2.90. The topological polar surface area (TPSA) is 47.0 Å². The van der Waals surface area contributed by atoms with Crippen LogP contribution < -0.4 is 10.1 Å². The molecule has 0 bridgehead atoms. The van der Waals surface area contributed by atoms with E-state index in [4.69, 9.17) is 4.74 Å². The third-order valence-electron chi connectivity index (χ3n) is 3.05. The maximum absolute atomic E-state index is 5.70. The lowest BCUT2D eigenvalue weighted by Gasteiger charge is -2.21. The Morgan fingerprint density at radius 3 is 2.94 bits per heavy atom. The summed E-state index contributed by atoms with van der Waals surface area (Å²) in [5.74, 6) is 1.99. The maximum atomic E-state index is 5.70. The molecule has 1 N–H and O–H groups in total. The molecule has 16 heavy (non-hydrogen) atoms. The smallest absolute Gasteiger partial charge is 0.225 e. The van der Waals surface area contributed by atoms with Crippen molar-refractivity contribution in [3.63, 3.8) is 0 Å². The first-order valence-electron chi connectivity index (χ1n) is 6.02. The van der Waals surface area contributed by atoms with E-state index in [1.165, 1.54) is 32.1 Å². The van der Waals surface area contributed by atoms with E-state index in [0.29, 0.717) is 17.7 Å². The molecule has 88 valence electrons. The minimum Gasteiger partial charge on any atom is -0.477 e. The molecule has 0 atom stereocenters. The second-order valence-corrected chi connectivity index (χ2v) is 4.28. The normalized spacial score (nSPS) is 17.1. The van der Waals surface area contributed by atoms with E-state index < -0.39 is 0 Å². The summed E-state index contributed by atoms with van der Waals surface area (Å²) in [5.41, 5.74) is 0. The van der Waals surface area contributed by atoms with Crippen LogP contribution in [0.1, 0.15) is 32.1 Å². The van der Waals surface area contributed by atoms with E-state index in [0.717, 1.165) is 6.61 Å². The van der Waals surface area contributed by atoms with Crippen molar-refractivity contribution in [3.8, 4) is 5.88 Å². The van der Waals surface area contributed by atoms with Crippen molar-refractivity contribution in [2.75, 3.05) is 19.0 Å². The van der Waals surface area contributed by atoms with Gasteiger partial charge in [0.25, 0.3) is 0 Å². The lowest BCUT2D eigenvalue weighted by molar-refractivity contribution is 0.203. The molecule has 0 amide bonds. The zero-order valence-electron chi connectivity index (χ0n) is 9.78. The Labute approximate surface area is 96.4 Å². The number of anilines is 1. The van der Waals surface area contributed by atoms with Crippen LogP contribution in [0.4, 0.5) is 5.95 Å². The van der Waals surface area contributed by atoms with E-state index in [2.05, 4.69) is 15.3 Å². The van der Waals surface area contributed by atoms with Gasteiger partial charge in [-0.05, 0) is 18.8 Å². The summed E-state index contributed by atoms with van der Waals surface area (Å²) in [6.45, 7) is 0.792. The average molecular weight is 221 g/mol. The molecule has 1 aliphatic rings. The van der Waals surface area contributed by atoms with Crippen molar-refractivity contribution in [1.29, 1.82) is 0 Å². The van der Waals surface area contributed by atoms with Gasteiger partial charge in [-0.2, -0.15) is 4.98 Å². The van der Waals surface area contributed by atoms with Crippen LogP contribution in [0.2, 0.25) is 0 Å². The predicted molar refractivity (Wildman–Crippen MR) is 63.6 cm³/mol. The maximum Gasteiger partial charge on any atom is 0.225 e. The largest absolute Gasteiger partial charge is 0.477 e. The Balaban J connectivity index is 1.83. The Morgan fingerprint density at radius 1 is 1.38 bits per heavy atom. The summed E-state index contributed by atoms with van der Waals surface area (Å²) in [4.78, 5) is 8.28. The molecule has 1 aromatic rings. The molecule has 4 nitrogen and oxygen atoms in total. The van der Waals surface area contributed by atoms with Gasteiger partial charge in [0, 0.05) is 19.3 Å². The second kappa shape index (κ2) is 5.68. The second-order valence-electron chi connectivity index (χ2n) is 4.28. The van der Waals surface area contributed by atoms with E-state index >= 15 is 0 Å². The average Bonchev–Trinajstić information content (AvgIpc) is 2.38. The van der Waals surface area contributed by atoms with Gasteiger partial charge in [-0.25, -0.2) is 4.98 Å². The lowest BCUT2D eigenvalue weighted by Crippen LogP contribution is -2.15. The SMILES string of the molecule is CNc1nccc(OCC2CCCCC2)n1. The highest BCUT2D eigenvalue weighted by Gasteiger charge is 2.14. The lowest BCUT2D eigenvalue weighted by atomic mass is 9.90. The van der Waals surface area contributed by atoms with Gasteiger partial charge in [0.1, 0.15) is 0 Å². The summed E-state index contributed by atoms with van der Waals surface area (Å²) in [6.07, 6.45) is 8.38. The van der Waals surface area contributed by atoms with Crippen LogP contribution in [-0.4, -0.2) is 23.6 Å². The number of rotatable bonds is 4. The molecule has 0 aromatic carbocycles. The van der Waals surface area contributed by atoms with Gasteiger partial charge in [0.15, 0.2) is 0 Å². The van der Waals surface area contributed by atoms with E-state index in [9.17, 15) is 0 Å². The van der Waals surface area contributed by atoms with Gasteiger partial charge < -0.3 is 10.1 Å². The summed E-state index contributed by atoms with van der Waals surface area (Å²) >= 11 is 0. The fourth-order valence-corrected chi connectivity index (χ4v) is 2.10. The molecule has 1 heterocycles. The molecular weight excluding hydrogens is 202 g/mol. The molecule has 1 fully saturated rings.